The van der Waals surface area contributed by atoms with Crippen LogP contribution in [0.2, 0.25) is 5.02 Å². The van der Waals surface area contributed by atoms with E-state index in [9.17, 15) is 0 Å². The number of rotatable bonds is 5. The largest absolute Gasteiger partial charge is 0.314 e. The van der Waals surface area contributed by atoms with Crippen molar-refractivity contribution in [3.05, 3.63) is 16.9 Å². The average Bonchev–Trinajstić information content (AvgIpc) is 2.42. The van der Waals surface area contributed by atoms with Gasteiger partial charge in [-0.2, -0.15) is 5.10 Å². The molecule has 1 aromatic rings. The molecule has 0 spiro atoms. The van der Waals surface area contributed by atoms with Gasteiger partial charge in [0.15, 0.2) is 0 Å². The highest BCUT2D eigenvalue weighted by molar-refractivity contribution is 6.31. The summed E-state index contributed by atoms with van der Waals surface area (Å²) in [6.07, 6.45) is 1.90. The number of hydrogen-bond donors (Lipinski definition) is 1. The molecule has 1 aromatic heterocycles. The molecule has 0 aliphatic heterocycles. The van der Waals surface area contributed by atoms with Gasteiger partial charge in [0.2, 0.25) is 0 Å². The van der Waals surface area contributed by atoms with Gasteiger partial charge in [0.05, 0.1) is 10.7 Å². The number of nitrogens with zero attached hydrogens (tertiary/aromatic N) is 2. The van der Waals surface area contributed by atoms with Crippen molar-refractivity contribution >= 4 is 11.6 Å². The molecule has 0 saturated carbocycles. The summed E-state index contributed by atoms with van der Waals surface area (Å²) in [5, 5.41) is 8.58. The smallest absolute Gasteiger partial charge is 0.0814 e. The van der Waals surface area contributed by atoms with Gasteiger partial charge in [-0.3, -0.25) is 4.68 Å². The Kier molecular flexibility index (Phi) is 4.39. The van der Waals surface area contributed by atoms with Crippen LogP contribution in [-0.4, -0.2) is 22.4 Å². The summed E-state index contributed by atoms with van der Waals surface area (Å²) in [7, 11) is 0. The monoisotopic (exact) mass is 243 g/mol. The highest BCUT2D eigenvalue weighted by atomic mass is 35.5. The van der Waals surface area contributed by atoms with Crippen LogP contribution in [0.4, 0.5) is 0 Å². The number of aryl methyl sites for hydroxylation is 1. The lowest BCUT2D eigenvalue weighted by Gasteiger charge is -2.26. The topological polar surface area (TPSA) is 29.9 Å². The summed E-state index contributed by atoms with van der Waals surface area (Å²) in [5.74, 6) is 0. The van der Waals surface area contributed by atoms with Crippen LogP contribution >= 0.6 is 11.6 Å². The first-order valence-electron chi connectivity index (χ1n) is 5.73. The minimum Gasteiger partial charge on any atom is -0.314 e. The molecule has 0 radical (unpaired) electrons. The first-order valence-corrected chi connectivity index (χ1v) is 6.11. The predicted octanol–water partition coefficient (Wildman–Crippen LogP) is 2.87. The van der Waals surface area contributed by atoms with Gasteiger partial charge >= 0.3 is 0 Å². The van der Waals surface area contributed by atoms with Gasteiger partial charge in [0, 0.05) is 25.3 Å². The van der Waals surface area contributed by atoms with E-state index in [-0.39, 0.29) is 5.41 Å². The van der Waals surface area contributed by atoms with Crippen LogP contribution in [0.15, 0.2) is 6.20 Å². The van der Waals surface area contributed by atoms with E-state index in [0.29, 0.717) is 6.04 Å². The van der Waals surface area contributed by atoms with E-state index in [2.05, 4.69) is 38.1 Å². The third-order valence-corrected chi connectivity index (χ3v) is 2.84. The lowest BCUT2D eigenvalue weighted by molar-refractivity contribution is 0.268. The number of aromatic nitrogens is 2. The zero-order valence-corrected chi connectivity index (χ0v) is 11.6. The first-order chi connectivity index (χ1) is 7.30. The van der Waals surface area contributed by atoms with Crippen molar-refractivity contribution in [2.45, 2.75) is 47.2 Å². The summed E-state index contributed by atoms with van der Waals surface area (Å²) < 4.78 is 1.93. The fourth-order valence-corrected chi connectivity index (χ4v) is 1.70. The quantitative estimate of drug-likeness (QED) is 0.862. The summed E-state index contributed by atoms with van der Waals surface area (Å²) in [5.41, 5.74) is 1.07. The summed E-state index contributed by atoms with van der Waals surface area (Å²) in [4.78, 5) is 0. The summed E-state index contributed by atoms with van der Waals surface area (Å²) in [6.45, 7) is 12.6. The van der Waals surface area contributed by atoms with Crippen molar-refractivity contribution in [1.29, 1.82) is 0 Å². The second kappa shape index (κ2) is 5.19. The molecule has 92 valence electrons. The van der Waals surface area contributed by atoms with Crippen molar-refractivity contribution in [3.63, 3.8) is 0 Å². The molecule has 1 heterocycles. The third kappa shape index (κ3) is 4.14. The van der Waals surface area contributed by atoms with E-state index in [1.165, 1.54) is 0 Å². The minimum absolute atomic E-state index is 0.173. The molecular formula is C12H22ClN3. The molecule has 0 bridgehead atoms. The van der Waals surface area contributed by atoms with Gasteiger partial charge in [-0.05, 0) is 12.3 Å². The zero-order chi connectivity index (χ0) is 12.3. The van der Waals surface area contributed by atoms with Crippen LogP contribution in [0, 0.1) is 12.3 Å². The van der Waals surface area contributed by atoms with E-state index in [0.717, 1.165) is 23.8 Å². The molecule has 16 heavy (non-hydrogen) atoms. The van der Waals surface area contributed by atoms with Gasteiger partial charge < -0.3 is 5.32 Å². The standard InChI is InChI=1S/C12H22ClN3/c1-9(2)14-7-12(4,5)8-16-6-11(13)10(3)15-16/h6,9,14H,7-8H2,1-5H3. The third-order valence-electron chi connectivity index (χ3n) is 2.47. The lowest BCUT2D eigenvalue weighted by atomic mass is 9.93. The van der Waals surface area contributed by atoms with Crippen LogP contribution in [0.3, 0.4) is 0 Å². The normalized spacial score (nSPS) is 12.4. The molecule has 1 rings (SSSR count). The maximum absolute atomic E-state index is 5.99. The van der Waals surface area contributed by atoms with E-state index in [1.807, 2.05) is 17.8 Å². The molecule has 0 saturated heterocycles. The molecule has 1 N–H and O–H groups in total. The molecule has 0 aromatic carbocycles. The molecule has 0 unspecified atom stereocenters. The van der Waals surface area contributed by atoms with E-state index < -0.39 is 0 Å². The predicted molar refractivity (Wildman–Crippen MR) is 68.9 cm³/mol. The van der Waals surface area contributed by atoms with Crippen molar-refractivity contribution in [2.75, 3.05) is 6.54 Å². The molecule has 0 fully saturated rings. The van der Waals surface area contributed by atoms with E-state index in [4.69, 9.17) is 11.6 Å². The van der Waals surface area contributed by atoms with Crippen molar-refractivity contribution < 1.29 is 0 Å². The number of nitrogens with one attached hydrogen (secondary N) is 1. The fraction of sp³-hybridized carbons (Fsp3) is 0.750. The maximum Gasteiger partial charge on any atom is 0.0814 e. The van der Waals surface area contributed by atoms with E-state index >= 15 is 0 Å². The summed E-state index contributed by atoms with van der Waals surface area (Å²) >= 11 is 5.99. The molecule has 3 nitrogen and oxygen atoms in total. The number of hydrogen-bond acceptors (Lipinski definition) is 2. The fourth-order valence-electron chi connectivity index (χ4n) is 1.55. The Morgan fingerprint density at radius 3 is 2.56 bits per heavy atom. The highest BCUT2D eigenvalue weighted by Crippen LogP contribution is 2.19. The second-order valence-corrected chi connectivity index (χ2v) is 5.87. The Morgan fingerprint density at radius 2 is 2.12 bits per heavy atom. The number of halogens is 1. The molecule has 0 atom stereocenters. The zero-order valence-electron chi connectivity index (χ0n) is 10.8. The molecule has 0 aliphatic carbocycles. The highest BCUT2D eigenvalue weighted by Gasteiger charge is 2.19. The Hall–Kier alpha value is -0.540. The molecular weight excluding hydrogens is 222 g/mol. The molecule has 0 aliphatic rings. The molecule has 4 heteroatoms. The van der Waals surface area contributed by atoms with Crippen LogP contribution in [0.25, 0.3) is 0 Å². The van der Waals surface area contributed by atoms with Crippen molar-refractivity contribution in [3.8, 4) is 0 Å². The second-order valence-electron chi connectivity index (χ2n) is 5.46. The SMILES string of the molecule is Cc1nn(CC(C)(C)CNC(C)C)cc1Cl. The van der Waals surface area contributed by atoms with Crippen LogP contribution < -0.4 is 5.32 Å². The Morgan fingerprint density at radius 1 is 1.50 bits per heavy atom. The van der Waals surface area contributed by atoms with Gasteiger partial charge in [0.1, 0.15) is 0 Å². The average molecular weight is 244 g/mol. The van der Waals surface area contributed by atoms with E-state index in [1.54, 1.807) is 0 Å². The molecule has 0 amide bonds. The summed E-state index contributed by atoms with van der Waals surface area (Å²) in [6, 6.07) is 0.516. The lowest BCUT2D eigenvalue weighted by Crippen LogP contribution is -2.36. The minimum atomic E-state index is 0.173. The Balaban J connectivity index is 2.57. The van der Waals surface area contributed by atoms with Crippen molar-refractivity contribution in [2.24, 2.45) is 5.41 Å². The Bertz CT molecular complexity index is 323. The van der Waals surface area contributed by atoms with Crippen LogP contribution in [-0.2, 0) is 6.54 Å². The van der Waals surface area contributed by atoms with Gasteiger partial charge in [0.25, 0.3) is 0 Å². The van der Waals surface area contributed by atoms with Crippen LogP contribution in [0.5, 0.6) is 0 Å². The van der Waals surface area contributed by atoms with Crippen LogP contribution in [0.1, 0.15) is 33.4 Å². The van der Waals surface area contributed by atoms with Gasteiger partial charge in [-0.25, -0.2) is 0 Å². The Labute approximate surface area is 103 Å². The first kappa shape index (κ1) is 13.5. The van der Waals surface area contributed by atoms with Gasteiger partial charge in [-0.15, -0.1) is 0 Å². The van der Waals surface area contributed by atoms with Gasteiger partial charge in [-0.1, -0.05) is 39.3 Å². The van der Waals surface area contributed by atoms with Crippen molar-refractivity contribution in [1.82, 2.24) is 15.1 Å². The maximum atomic E-state index is 5.99.